The zero-order chi connectivity index (χ0) is 17.9. The molecule has 0 unspecified atom stereocenters. The van der Waals surface area contributed by atoms with Crippen molar-refractivity contribution in [1.82, 2.24) is 4.98 Å². The lowest BCUT2D eigenvalue weighted by molar-refractivity contribution is -0.113. The molecule has 4 heteroatoms. The predicted molar refractivity (Wildman–Crippen MR) is 110 cm³/mol. The Balaban J connectivity index is 1.49. The summed E-state index contributed by atoms with van der Waals surface area (Å²) in [6.07, 6.45) is 0. The van der Waals surface area contributed by atoms with E-state index in [-0.39, 0.29) is 5.91 Å². The molecule has 0 spiro atoms. The van der Waals surface area contributed by atoms with Crippen LogP contribution < -0.4 is 5.32 Å². The second-order valence-corrected chi connectivity index (χ2v) is 7.15. The number of hydrogen-bond donors (Lipinski definition) is 1. The van der Waals surface area contributed by atoms with Crippen molar-refractivity contribution in [2.75, 3.05) is 11.1 Å². The minimum atomic E-state index is -0.0287. The average molecular weight is 358 g/mol. The first kappa shape index (κ1) is 16.6. The molecular formula is C22H18N2OS. The zero-order valence-electron chi connectivity index (χ0n) is 14.4. The van der Waals surface area contributed by atoms with E-state index < -0.39 is 0 Å². The first-order valence-electron chi connectivity index (χ1n) is 8.47. The molecule has 26 heavy (non-hydrogen) atoms. The molecule has 0 saturated carbocycles. The summed E-state index contributed by atoms with van der Waals surface area (Å²) in [5.74, 6) is 0.299. The molecule has 1 aromatic heterocycles. The van der Waals surface area contributed by atoms with Gasteiger partial charge >= 0.3 is 0 Å². The average Bonchev–Trinajstić information content (AvgIpc) is 2.67. The van der Waals surface area contributed by atoms with Crippen LogP contribution in [0.15, 0.2) is 77.8 Å². The molecule has 0 bridgehead atoms. The normalized spacial score (nSPS) is 11.0. The van der Waals surface area contributed by atoms with Crippen LogP contribution in [0.3, 0.4) is 0 Å². The lowest BCUT2D eigenvalue weighted by Gasteiger charge is -2.09. The lowest BCUT2D eigenvalue weighted by Crippen LogP contribution is -2.14. The molecule has 0 fully saturated rings. The fourth-order valence-electron chi connectivity index (χ4n) is 3.05. The van der Waals surface area contributed by atoms with E-state index in [1.165, 1.54) is 17.3 Å². The molecule has 0 saturated heterocycles. The highest BCUT2D eigenvalue weighted by atomic mass is 32.2. The van der Waals surface area contributed by atoms with E-state index >= 15 is 0 Å². The number of rotatable bonds is 4. The van der Waals surface area contributed by atoms with Crippen molar-refractivity contribution in [1.29, 1.82) is 0 Å². The predicted octanol–water partition coefficient (Wildman–Crippen LogP) is 5.43. The Morgan fingerprint density at radius 1 is 0.962 bits per heavy atom. The molecular weight excluding hydrogens is 340 g/mol. The number of benzene rings is 3. The maximum atomic E-state index is 12.4. The van der Waals surface area contributed by atoms with E-state index in [1.807, 2.05) is 66.7 Å². The summed E-state index contributed by atoms with van der Waals surface area (Å²) in [5.41, 5.74) is 2.98. The van der Waals surface area contributed by atoms with Crippen molar-refractivity contribution in [3.63, 3.8) is 0 Å². The second kappa shape index (κ2) is 7.18. The number of thioether (sulfide) groups is 1. The van der Waals surface area contributed by atoms with Gasteiger partial charge in [0.2, 0.25) is 5.91 Å². The highest BCUT2D eigenvalue weighted by Crippen LogP contribution is 2.25. The molecule has 1 amide bonds. The molecule has 1 N–H and O–H groups in total. The van der Waals surface area contributed by atoms with Gasteiger partial charge in [0, 0.05) is 16.5 Å². The number of carbonyl (C=O) groups is 1. The molecule has 3 aromatic carbocycles. The van der Waals surface area contributed by atoms with Gasteiger partial charge in [-0.15, -0.1) is 0 Å². The standard InChI is InChI=1S/C22H18N2OS/c1-15-13-22(24-19-11-5-4-9-17(15)19)26-14-21(25)23-20-12-6-8-16-7-2-3-10-18(16)20/h2-13H,14H2,1H3,(H,23,25). The van der Waals surface area contributed by atoms with E-state index in [4.69, 9.17) is 0 Å². The number of nitrogens with one attached hydrogen (secondary N) is 1. The van der Waals surface area contributed by atoms with Gasteiger partial charge in [0.1, 0.15) is 0 Å². The third-order valence-electron chi connectivity index (χ3n) is 4.31. The Bertz CT molecular complexity index is 1100. The summed E-state index contributed by atoms with van der Waals surface area (Å²) in [6, 6.07) is 24.1. The third kappa shape index (κ3) is 3.41. The molecule has 0 aliphatic rings. The Morgan fingerprint density at radius 3 is 2.58 bits per heavy atom. The van der Waals surface area contributed by atoms with Crippen LogP contribution in [0.2, 0.25) is 0 Å². The summed E-state index contributed by atoms with van der Waals surface area (Å²) in [4.78, 5) is 17.1. The van der Waals surface area contributed by atoms with Crippen LogP contribution in [-0.2, 0) is 4.79 Å². The molecule has 1 heterocycles. The van der Waals surface area contributed by atoms with Gasteiger partial charge in [0.15, 0.2) is 0 Å². The number of fused-ring (bicyclic) bond motifs is 2. The van der Waals surface area contributed by atoms with E-state index in [2.05, 4.69) is 23.3 Å². The first-order valence-corrected chi connectivity index (χ1v) is 9.46. The molecule has 0 atom stereocenters. The van der Waals surface area contributed by atoms with Crippen molar-refractivity contribution >= 4 is 45.0 Å². The monoisotopic (exact) mass is 358 g/mol. The highest BCUT2D eigenvalue weighted by molar-refractivity contribution is 7.99. The number of carbonyl (C=O) groups excluding carboxylic acids is 1. The lowest BCUT2D eigenvalue weighted by atomic mass is 10.1. The van der Waals surface area contributed by atoms with Gasteiger partial charge < -0.3 is 5.32 Å². The summed E-state index contributed by atoms with van der Waals surface area (Å²) in [6.45, 7) is 2.07. The number of pyridine rings is 1. The van der Waals surface area contributed by atoms with Crippen LogP contribution in [0.1, 0.15) is 5.56 Å². The van der Waals surface area contributed by atoms with Crippen LogP contribution >= 0.6 is 11.8 Å². The fourth-order valence-corrected chi connectivity index (χ4v) is 3.83. The van der Waals surface area contributed by atoms with Crippen LogP contribution in [0.25, 0.3) is 21.7 Å². The Hall–Kier alpha value is -2.85. The van der Waals surface area contributed by atoms with Crippen molar-refractivity contribution in [2.24, 2.45) is 0 Å². The molecule has 4 aromatic rings. The number of para-hydroxylation sites is 1. The minimum absolute atomic E-state index is 0.0287. The van der Waals surface area contributed by atoms with Crippen molar-refractivity contribution in [2.45, 2.75) is 11.9 Å². The molecule has 4 rings (SSSR count). The van der Waals surface area contributed by atoms with Gasteiger partial charge in [-0.3, -0.25) is 4.79 Å². The van der Waals surface area contributed by atoms with Gasteiger partial charge in [0.25, 0.3) is 0 Å². The number of anilines is 1. The summed E-state index contributed by atoms with van der Waals surface area (Å²) in [7, 11) is 0. The fraction of sp³-hybridized carbons (Fsp3) is 0.0909. The van der Waals surface area contributed by atoms with Gasteiger partial charge in [-0.1, -0.05) is 66.4 Å². The van der Waals surface area contributed by atoms with E-state index in [0.29, 0.717) is 5.75 Å². The largest absolute Gasteiger partial charge is 0.325 e. The number of aryl methyl sites for hydroxylation is 1. The molecule has 128 valence electrons. The van der Waals surface area contributed by atoms with Crippen LogP contribution in [-0.4, -0.2) is 16.6 Å². The van der Waals surface area contributed by atoms with Crippen molar-refractivity contribution < 1.29 is 4.79 Å². The Labute approximate surface area is 156 Å². The number of nitrogens with zero attached hydrogens (tertiary/aromatic N) is 1. The third-order valence-corrected chi connectivity index (χ3v) is 5.23. The number of aromatic nitrogens is 1. The Kier molecular flexibility index (Phi) is 4.59. The maximum Gasteiger partial charge on any atom is 0.234 e. The quantitative estimate of drug-likeness (QED) is 0.495. The number of amides is 1. The van der Waals surface area contributed by atoms with Gasteiger partial charge in [-0.25, -0.2) is 4.98 Å². The SMILES string of the molecule is Cc1cc(SCC(=O)Nc2cccc3ccccc23)nc2ccccc12. The maximum absolute atomic E-state index is 12.4. The zero-order valence-corrected chi connectivity index (χ0v) is 15.2. The molecule has 3 nitrogen and oxygen atoms in total. The minimum Gasteiger partial charge on any atom is -0.325 e. The van der Waals surface area contributed by atoms with Gasteiger partial charge in [0.05, 0.1) is 16.3 Å². The molecule has 0 aliphatic carbocycles. The summed E-state index contributed by atoms with van der Waals surface area (Å²) < 4.78 is 0. The number of hydrogen-bond acceptors (Lipinski definition) is 3. The van der Waals surface area contributed by atoms with Crippen LogP contribution in [0.5, 0.6) is 0 Å². The molecule has 0 aliphatic heterocycles. The summed E-state index contributed by atoms with van der Waals surface area (Å²) in [5, 5.41) is 7.20. The molecule has 0 radical (unpaired) electrons. The van der Waals surface area contributed by atoms with Gasteiger partial charge in [-0.2, -0.15) is 0 Å². The summed E-state index contributed by atoms with van der Waals surface area (Å²) >= 11 is 1.46. The Morgan fingerprint density at radius 2 is 1.69 bits per heavy atom. The van der Waals surface area contributed by atoms with Crippen molar-refractivity contribution in [3.05, 3.63) is 78.4 Å². The van der Waals surface area contributed by atoms with Crippen LogP contribution in [0, 0.1) is 6.92 Å². The smallest absolute Gasteiger partial charge is 0.234 e. The highest BCUT2D eigenvalue weighted by Gasteiger charge is 2.08. The van der Waals surface area contributed by atoms with Crippen molar-refractivity contribution in [3.8, 4) is 0 Å². The van der Waals surface area contributed by atoms with E-state index in [0.717, 1.165) is 32.4 Å². The first-order chi connectivity index (χ1) is 12.7. The second-order valence-electron chi connectivity index (χ2n) is 6.16. The van der Waals surface area contributed by atoms with Crippen LogP contribution in [0.4, 0.5) is 5.69 Å². The van der Waals surface area contributed by atoms with E-state index in [1.54, 1.807) is 0 Å². The topological polar surface area (TPSA) is 42.0 Å². The van der Waals surface area contributed by atoms with E-state index in [9.17, 15) is 4.79 Å². The van der Waals surface area contributed by atoms with Gasteiger partial charge in [-0.05, 0) is 36.1 Å².